The SMILES string of the molecule is Cc1ccc(Cl)cc1NC(=O)CC1COC1. The maximum Gasteiger partial charge on any atom is 0.224 e. The number of carbonyl (C=O) groups is 1. The highest BCUT2D eigenvalue weighted by Crippen LogP contribution is 2.21. The lowest BCUT2D eigenvalue weighted by Gasteiger charge is -2.25. The summed E-state index contributed by atoms with van der Waals surface area (Å²) in [7, 11) is 0. The highest BCUT2D eigenvalue weighted by molar-refractivity contribution is 6.31. The summed E-state index contributed by atoms with van der Waals surface area (Å²) >= 11 is 5.87. The molecule has 0 aliphatic carbocycles. The molecule has 0 spiro atoms. The third-order valence-corrected chi connectivity index (χ3v) is 2.89. The maximum absolute atomic E-state index is 11.7. The Labute approximate surface area is 99.7 Å². The first-order chi connectivity index (χ1) is 7.65. The van der Waals surface area contributed by atoms with Gasteiger partial charge < -0.3 is 10.1 Å². The number of anilines is 1. The van der Waals surface area contributed by atoms with E-state index in [1.54, 1.807) is 6.07 Å². The largest absolute Gasteiger partial charge is 0.381 e. The topological polar surface area (TPSA) is 38.3 Å². The van der Waals surface area contributed by atoms with Gasteiger partial charge in [0.05, 0.1) is 13.2 Å². The Hall–Kier alpha value is -1.06. The molecule has 0 radical (unpaired) electrons. The van der Waals surface area contributed by atoms with E-state index in [4.69, 9.17) is 16.3 Å². The molecule has 1 aromatic rings. The molecule has 1 fully saturated rings. The summed E-state index contributed by atoms with van der Waals surface area (Å²) in [4.78, 5) is 11.7. The van der Waals surface area contributed by atoms with Gasteiger partial charge in [-0.3, -0.25) is 4.79 Å². The molecule has 1 aromatic carbocycles. The van der Waals surface area contributed by atoms with Crippen molar-refractivity contribution in [3.63, 3.8) is 0 Å². The van der Waals surface area contributed by atoms with Crippen molar-refractivity contribution >= 4 is 23.2 Å². The molecule has 0 bridgehead atoms. The first-order valence-corrected chi connectivity index (χ1v) is 5.66. The number of rotatable bonds is 3. The van der Waals surface area contributed by atoms with Gasteiger partial charge in [0.1, 0.15) is 0 Å². The molecule has 16 heavy (non-hydrogen) atoms. The standard InChI is InChI=1S/C12H14ClNO2/c1-8-2-3-10(13)5-11(8)14-12(15)4-9-6-16-7-9/h2-3,5,9H,4,6-7H2,1H3,(H,14,15). The number of hydrogen-bond donors (Lipinski definition) is 1. The molecule has 1 N–H and O–H groups in total. The number of amides is 1. The van der Waals surface area contributed by atoms with Crippen molar-refractivity contribution in [2.75, 3.05) is 18.5 Å². The van der Waals surface area contributed by atoms with Crippen molar-refractivity contribution in [3.8, 4) is 0 Å². The zero-order valence-corrected chi connectivity index (χ0v) is 9.88. The van der Waals surface area contributed by atoms with E-state index >= 15 is 0 Å². The molecule has 2 rings (SSSR count). The quantitative estimate of drug-likeness (QED) is 0.881. The van der Waals surface area contributed by atoms with Crippen LogP contribution < -0.4 is 5.32 Å². The molecule has 0 aromatic heterocycles. The fourth-order valence-corrected chi connectivity index (χ4v) is 1.77. The number of aryl methyl sites for hydroxylation is 1. The molecule has 0 unspecified atom stereocenters. The molecule has 1 amide bonds. The lowest BCUT2D eigenvalue weighted by Crippen LogP contribution is -2.31. The number of carbonyl (C=O) groups excluding carboxylic acids is 1. The van der Waals surface area contributed by atoms with Crippen molar-refractivity contribution in [2.45, 2.75) is 13.3 Å². The summed E-state index contributed by atoms with van der Waals surface area (Å²) < 4.78 is 5.03. The van der Waals surface area contributed by atoms with Crippen LogP contribution in [0.15, 0.2) is 18.2 Å². The van der Waals surface area contributed by atoms with E-state index in [1.807, 2.05) is 19.1 Å². The molecule has 1 saturated heterocycles. The van der Waals surface area contributed by atoms with Crippen LogP contribution in [0.4, 0.5) is 5.69 Å². The molecule has 1 heterocycles. The fourth-order valence-electron chi connectivity index (χ4n) is 1.59. The van der Waals surface area contributed by atoms with Gasteiger partial charge in [0.25, 0.3) is 0 Å². The Bertz CT molecular complexity index is 402. The lowest BCUT2D eigenvalue weighted by atomic mass is 10.0. The third-order valence-electron chi connectivity index (χ3n) is 2.65. The average molecular weight is 240 g/mol. The second-order valence-electron chi connectivity index (χ2n) is 4.12. The minimum absolute atomic E-state index is 0.0265. The van der Waals surface area contributed by atoms with Crippen LogP contribution in [-0.4, -0.2) is 19.1 Å². The number of halogens is 1. The second kappa shape index (κ2) is 4.85. The Balaban J connectivity index is 1.96. The minimum atomic E-state index is 0.0265. The normalized spacial score (nSPS) is 15.6. The lowest BCUT2D eigenvalue weighted by molar-refractivity contribution is -0.121. The van der Waals surface area contributed by atoms with Crippen LogP contribution in [0.2, 0.25) is 5.02 Å². The predicted octanol–water partition coefficient (Wildman–Crippen LogP) is 2.62. The van der Waals surface area contributed by atoms with Gasteiger partial charge in [0.15, 0.2) is 0 Å². The van der Waals surface area contributed by atoms with Crippen molar-refractivity contribution in [3.05, 3.63) is 28.8 Å². The van der Waals surface area contributed by atoms with E-state index in [0.29, 0.717) is 30.6 Å². The Morgan fingerprint density at radius 3 is 2.94 bits per heavy atom. The van der Waals surface area contributed by atoms with Crippen LogP contribution in [0, 0.1) is 12.8 Å². The highest BCUT2D eigenvalue weighted by Gasteiger charge is 2.21. The molecule has 4 heteroatoms. The molecule has 0 atom stereocenters. The van der Waals surface area contributed by atoms with E-state index in [1.165, 1.54) is 0 Å². The molecule has 3 nitrogen and oxygen atoms in total. The summed E-state index contributed by atoms with van der Waals surface area (Å²) in [5, 5.41) is 3.50. The van der Waals surface area contributed by atoms with Crippen LogP contribution in [0.25, 0.3) is 0 Å². The van der Waals surface area contributed by atoms with Crippen molar-refractivity contribution in [1.82, 2.24) is 0 Å². The molecule has 1 aliphatic heterocycles. The summed E-state index contributed by atoms with van der Waals surface area (Å²) in [6, 6.07) is 5.47. The van der Waals surface area contributed by atoms with Gasteiger partial charge in [-0.25, -0.2) is 0 Å². The zero-order chi connectivity index (χ0) is 11.5. The molecule has 0 saturated carbocycles. The monoisotopic (exact) mass is 239 g/mol. The maximum atomic E-state index is 11.7. The van der Waals surface area contributed by atoms with Crippen LogP contribution in [0.1, 0.15) is 12.0 Å². The van der Waals surface area contributed by atoms with E-state index in [-0.39, 0.29) is 5.91 Å². The van der Waals surface area contributed by atoms with E-state index in [0.717, 1.165) is 11.3 Å². The van der Waals surface area contributed by atoms with Crippen LogP contribution >= 0.6 is 11.6 Å². The summed E-state index contributed by atoms with van der Waals surface area (Å²) in [5.41, 5.74) is 1.81. The number of nitrogens with one attached hydrogen (secondary N) is 1. The Kier molecular flexibility index (Phi) is 3.46. The Morgan fingerprint density at radius 2 is 2.31 bits per heavy atom. The number of ether oxygens (including phenoxy) is 1. The van der Waals surface area contributed by atoms with E-state index < -0.39 is 0 Å². The summed E-state index contributed by atoms with van der Waals surface area (Å²) in [6.07, 6.45) is 0.520. The van der Waals surface area contributed by atoms with Crippen LogP contribution in [0.5, 0.6) is 0 Å². The molecular formula is C12H14ClNO2. The Morgan fingerprint density at radius 1 is 1.56 bits per heavy atom. The zero-order valence-electron chi connectivity index (χ0n) is 9.13. The smallest absolute Gasteiger partial charge is 0.224 e. The van der Waals surface area contributed by atoms with Gasteiger partial charge in [-0.2, -0.15) is 0 Å². The summed E-state index contributed by atoms with van der Waals surface area (Å²) in [5.74, 6) is 0.401. The number of hydrogen-bond acceptors (Lipinski definition) is 2. The molecule has 86 valence electrons. The van der Waals surface area contributed by atoms with Gasteiger partial charge in [0.2, 0.25) is 5.91 Å². The van der Waals surface area contributed by atoms with Gasteiger partial charge in [0, 0.05) is 23.0 Å². The van der Waals surface area contributed by atoms with Gasteiger partial charge in [-0.15, -0.1) is 0 Å². The molecular weight excluding hydrogens is 226 g/mol. The third kappa shape index (κ3) is 2.74. The highest BCUT2D eigenvalue weighted by atomic mass is 35.5. The minimum Gasteiger partial charge on any atom is -0.381 e. The van der Waals surface area contributed by atoms with Gasteiger partial charge in [-0.05, 0) is 24.6 Å². The fraction of sp³-hybridized carbons (Fsp3) is 0.417. The van der Waals surface area contributed by atoms with E-state index in [2.05, 4.69) is 5.32 Å². The van der Waals surface area contributed by atoms with Crippen LogP contribution in [0.3, 0.4) is 0 Å². The van der Waals surface area contributed by atoms with Gasteiger partial charge in [-0.1, -0.05) is 17.7 Å². The second-order valence-corrected chi connectivity index (χ2v) is 4.55. The van der Waals surface area contributed by atoms with Crippen molar-refractivity contribution in [1.29, 1.82) is 0 Å². The van der Waals surface area contributed by atoms with Crippen molar-refractivity contribution < 1.29 is 9.53 Å². The molecule has 1 aliphatic rings. The van der Waals surface area contributed by atoms with E-state index in [9.17, 15) is 4.79 Å². The van der Waals surface area contributed by atoms with Crippen molar-refractivity contribution in [2.24, 2.45) is 5.92 Å². The number of benzene rings is 1. The predicted molar refractivity (Wildman–Crippen MR) is 63.7 cm³/mol. The summed E-state index contributed by atoms with van der Waals surface area (Å²) in [6.45, 7) is 3.34. The van der Waals surface area contributed by atoms with Gasteiger partial charge >= 0.3 is 0 Å². The van der Waals surface area contributed by atoms with Crippen LogP contribution in [-0.2, 0) is 9.53 Å². The first kappa shape index (κ1) is 11.4. The average Bonchev–Trinajstić information content (AvgIpc) is 2.18. The first-order valence-electron chi connectivity index (χ1n) is 5.29.